The third-order valence-corrected chi connectivity index (χ3v) is 14.3. The quantitative estimate of drug-likeness (QED) is 0.164. The minimum Gasteiger partial charge on any atom is -0.309 e. The molecule has 2 heteroatoms. The van der Waals surface area contributed by atoms with Crippen LogP contribution in [-0.2, 0) is 5.41 Å². The van der Waals surface area contributed by atoms with Gasteiger partial charge in [-0.15, -0.1) is 0 Å². The van der Waals surface area contributed by atoms with E-state index in [0.29, 0.717) is 0 Å². The summed E-state index contributed by atoms with van der Waals surface area (Å²) in [5.74, 6) is 0. The van der Waals surface area contributed by atoms with E-state index < -0.39 is 5.41 Å². The molecule has 0 aliphatic heterocycles. The monoisotopic (exact) mass is 824 g/mol. The van der Waals surface area contributed by atoms with Crippen LogP contribution in [-0.4, -0.2) is 9.13 Å². The molecule has 0 saturated heterocycles. The Kier molecular flexibility index (Phi) is 7.64. The Bertz CT molecular complexity index is 4010. The van der Waals surface area contributed by atoms with Gasteiger partial charge in [0.25, 0.3) is 0 Å². The molecular weight excluding hydrogens is 785 g/mol. The molecule has 2 heterocycles. The van der Waals surface area contributed by atoms with Crippen LogP contribution in [0.4, 0.5) is 0 Å². The van der Waals surface area contributed by atoms with Crippen molar-refractivity contribution in [2.75, 3.05) is 0 Å². The number of aromatic nitrogens is 2. The zero-order chi connectivity index (χ0) is 42.6. The van der Waals surface area contributed by atoms with Crippen molar-refractivity contribution < 1.29 is 0 Å². The number of hydrogen-bond acceptors (Lipinski definition) is 0. The van der Waals surface area contributed by atoms with Gasteiger partial charge < -0.3 is 9.13 Å². The molecule has 1 aliphatic rings. The van der Waals surface area contributed by atoms with Gasteiger partial charge in [0.05, 0.1) is 33.2 Å². The summed E-state index contributed by atoms with van der Waals surface area (Å²) in [6, 6.07) is 90.3. The minimum atomic E-state index is -0.499. The van der Waals surface area contributed by atoms with Crippen LogP contribution in [0.1, 0.15) is 22.3 Å². The lowest BCUT2D eigenvalue weighted by Gasteiger charge is -2.34. The summed E-state index contributed by atoms with van der Waals surface area (Å²) >= 11 is 0. The van der Waals surface area contributed by atoms with Crippen LogP contribution in [0.3, 0.4) is 0 Å². The lowest BCUT2D eigenvalue weighted by Crippen LogP contribution is -2.28. The van der Waals surface area contributed by atoms with Crippen LogP contribution in [0.5, 0.6) is 0 Å². The van der Waals surface area contributed by atoms with Gasteiger partial charge in [0.2, 0.25) is 0 Å². The van der Waals surface area contributed by atoms with E-state index in [4.69, 9.17) is 0 Å². The molecule has 302 valence electrons. The minimum absolute atomic E-state index is 0.499. The van der Waals surface area contributed by atoms with Crippen molar-refractivity contribution in [3.63, 3.8) is 0 Å². The maximum absolute atomic E-state index is 2.54. The number of fused-ring (bicyclic) bond motifs is 11. The molecule has 2 aromatic heterocycles. The van der Waals surface area contributed by atoms with Crippen LogP contribution in [0, 0.1) is 0 Å². The maximum Gasteiger partial charge on any atom is 0.0713 e. The summed E-state index contributed by atoms with van der Waals surface area (Å²) < 4.78 is 4.94. The van der Waals surface area contributed by atoms with Gasteiger partial charge in [-0.2, -0.15) is 0 Å². The number of benzene rings is 11. The molecule has 0 spiro atoms. The smallest absolute Gasteiger partial charge is 0.0713 e. The molecule has 0 bridgehead atoms. The SMILES string of the molecule is c1ccc(C2(c3ccccc3)c3ccccc3-c3cc4c(cc32)c2cc(-c3ccc5c(c3)c3ccccc3n5-c3cccc5ccccc35)ccc2n4-c2ccc3ccccc3c2)cc1. The van der Waals surface area contributed by atoms with Crippen molar-refractivity contribution >= 4 is 65.2 Å². The van der Waals surface area contributed by atoms with Gasteiger partial charge in [-0.05, 0) is 121 Å². The third-order valence-electron chi connectivity index (χ3n) is 14.3. The first-order valence-electron chi connectivity index (χ1n) is 22.6. The average Bonchev–Trinajstić information content (AvgIpc) is 3.99. The highest BCUT2D eigenvalue weighted by Gasteiger charge is 2.46. The Labute approximate surface area is 376 Å². The summed E-state index contributed by atoms with van der Waals surface area (Å²) in [6.45, 7) is 0. The first kappa shape index (κ1) is 36.1. The van der Waals surface area contributed by atoms with Crippen molar-refractivity contribution in [3.05, 3.63) is 265 Å². The predicted octanol–water partition coefficient (Wildman–Crippen LogP) is 16.2. The summed E-state index contributed by atoms with van der Waals surface area (Å²) in [5, 5.41) is 9.92. The zero-order valence-electron chi connectivity index (χ0n) is 35.5. The molecule has 0 radical (unpaired) electrons. The normalized spacial score (nSPS) is 13.0. The van der Waals surface area contributed by atoms with E-state index >= 15 is 0 Å². The molecule has 0 atom stereocenters. The number of hydrogen-bond donors (Lipinski definition) is 0. The van der Waals surface area contributed by atoms with E-state index in [1.54, 1.807) is 0 Å². The summed E-state index contributed by atoms with van der Waals surface area (Å²) in [7, 11) is 0. The lowest BCUT2D eigenvalue weighted by molar-refractivity contribution is 0.769. The molecule has 0 N–H and O–H groups in total. The maximum atomic E-state index is 2.54. The van der Waals surface area contributed by atoms with Crippen molar-refractivity contribution in [2.24, 2.45) is 0 Å². The second-order valence-electron chi connectivity index (χ2n) is 17.6. The largest absolute Gasteiger partial charge is 0.309 e. The van der Waals surface area contributed by atoms with E-state index in [1.165, 1.54) is 115 Å². The van der Waals surface area contributed by atoms with Crippen molar-refractivity contribution in [2.45, 2.75) is 5.41 Å². The van der Waals surface area contributed by atoms with E-state index in [2.05, 4.69) is 252 Å². The van der Waals surface area contributed by atoms with Crippen LogP contribution >= 0.6 is 0 Å². The van der Waals surface area contributed by atoms with E-state index in [1.807, 2.05) is 0 Å². The van der Waals surface area contributed by atoms with Gasteiger partial charge in [-0.1, -0.05) is 182 Å². The van der Waals surface area contributed by atoms with Gasteiger partial charge >= 0.3 is 0 Å². The fourth-order valence-electron chi connectivity index (χ4n) is 11.5. The van der Waals surface area contributed by atoms with Crippen LogP contribution in [0.15, 0.2) is 243 Å². The zero-order valence-corrected chi connectivity index (χ0v) is 35.5. The van der Waals surface area contributed by atoms with Gasteiger partial charge in [0, 0.05) is 32.6 Å². The van der Waals surface area contributed by atoms with Crippen LogP contribution in [0.2, 0.25) is 0 Å². The molecule has 0 fully saturated rings. The van der Waals surface area contributed by atoms with E-state index in [9.17, 15) is 0 Å². The summed E-state index contributed by atoms with van der Waals surface area (Å²) in [6.07, 6.45) is 0. The Hall–Kier alpha value is -8.46. The Morgan fingerprint density at radius 3 is 1.62 bits per heavy atom. The fraction of sp³-hybridized carbons (Fsp3) is 0.0159. The predicted molar refractivity (Wildman–Crippen MR) is 273 cm³/mol. The second kappa shape index (κ2) is 13.8. The lowest BCUT2D eigenvalue weighted by atomic mass is 9.67. The fourth-order valence-corrected chi connectivity index (χ4v) is 11.5. The van der Waals surface area contributed by atoms with Gasteiger partial charge in [0.15, 0.2) is 0 Å². The molecular formula is C63H40N2. The molecule has 0 saturated carbocycles. The van der Waals surface area contributed by atoms with Gasteiger partial charge in [-0.25, -0.2) is 0 Å². The highest BCUT2D eigenvalue weighted by Crippen LogP contribution is 2.57. The van der Waals surface area contributed by atoms with Crippen molar-refractivity contribution in [3.8, 4) is 33.6 Å². The molecule has 14 rings (SSSR count). The van der Waals surface area contributed by atoms with Crippen LogP contribution < -0.4 is 0 Å². The van der Waals surface area contributed by atoms with E-state index in [-0.39, 0.29) is 0 Å². The topological polar surface area (TPSA) is 9.86 Å². The highest BCUT2D eigenvalue weighted by atomic mass is 15.0. The van der Waals surface area contributed by atoms with Crippen molar-refractivity contribution in [1.82, 2.24) is 9.13 Å². The summed E-state index contributed by atoms with van der Waals surface area (Å²) in [4.78, 5) is 0. The number of para-hydroxylation sites is 1. The van der Waals surface area contributed by atoms with Crippen molar-refractivity contribution in [1.29, 1.82) is 0 Å². The van der Waals surface area contributed by atoms with E-state index in [0.717, 1.165) is 5.69 Å². The Morgan fingerprint density at radius 1 is 0.277 bits per heavy atom. The molecule has 2 nitrogen and oxygen atoms in total. The number of rotatable bonds is 5. The van der Waals surface area contributed by atoms with Gasteiger partial charge in [-0.3, -0.25) is 0 Å². The van der Waals surface area contributed by atoms with Crippen LogP contribution in [0.25, 0.3) is 98.8 Å². The Morgan fingerprint density at radius 2 is 0.846 bits per heavy atom. The highest BCUT2D eigenvalue weighted by molar-refractivity contribution is 6.15. The van der Waals surface area contributed by atoms with Gasteiger partial charge in [0.1, 0.15) is 0 Å². The molecule has 13 aromatic rings. The first-order chi connectivity index (χ1) is 32.2. The molecule has 1 aliphatic carbocycles. The second-order valence-corrected chi connectivity index (χ2v) is 17.6. The third kappa shape index (κ3) is 5.11. The summed E-state index contributed by atoms with van der Waals surface area (Å²) in [5.41, 5.74) is 16.8. The molecule has 0 amide bonds. The molecule has 65 heavy (non-hydrogen) atoms. The first-order valence-corrected chi connectivity index (χ1v) is 22.6. The number of nitrogens with zero attached hydrogens (tertiary/aromatic N) is 2. The molecule has 0 unspecified atom stereocenters. The Balaban J connectivity index is 1.05. The standard InChI is InChI=1S/C63H40N2/c1-3-20-46(21-4-1)63(47-22-5-2-6-23-47)56-27-13-11-25-50(56)52-40-62-55(39-57(52)63)54-38-45(31-34-60(54)64(62)48-33-30-41-16-7-8-18-43(41)36-48)44-32-35-61-53(37-44)51-26-12-14-28-59(51)65(61)58-29-15-19-42-17-9-10-24-49(42)58/h1-40H. The molecule has 11 aromatic carbocycles. The average molecular weight is 825 g/mol.